The Kier molecular flexibility index (Phi) is 4.98. The lowest BCUT2D eigenvalue weighted by molar-refractivity contribution is -0.139. The van der Waals surface area contributed by atoms with Crippen LogP contribution in [-0.2, 0) is 23.9 Å². The van der Waals surface area contributed by atoms with E-state index in [-0.39, 0.29) is 5.70 Å². The van der Waals surface area contributed by atoms with Crippen LogP contribution in [0.2, 0.25) is 0 Å². The largest absolute Gasteiger partial charge is 0.466 e. The van der Waals surface area contributed by atoms with Gasteiger partial charge in [0.15, 0.2) is 0 Å². The molecule has 6 nitrogen and oxygen atoms in total. The molecule has 0 unspecified atom stereocenters. The summed E-state index contributed by atoms with van der Waals surface area (Å²) >= 11 is 0. The number of hydrogen-bond donors (Lipinski definition) is 1. The Bertz CT molecular complexity index is 281. The van der Waals surface area contributed by atoms with E-state index in [0.29, 0.717) is 0 Å². The molecule has 0 aromatic carbocycles. The Morgan fingerprint density at radius 2 is 1.71 bits per heavy atom. The third-order valence-corrected chi connectivity index (χ3v) is 1.18. The third kappa shape index (κ3) is 4.24. The molecule has 0 bridgehead atoms. The summed E-state index contributed by atoms with van der Waals surface area (Å²) in [6.07, 6.45) is 0.841. The molecule has 0 rings (SSSR count). The van der Waals surface area contributed by atoms with Crippen LogP contribution in [0.4, 0.5) is 0 Å². The molecule has 0 aliphatic rings. The van der Waals surface area contributed by atoms with Crippen LogP contribution in [0, 0.1) is 0 Å². The minimum absolute atomic E-state index is 0.258. The van der Waals surface area contributed by atoms with Gasteiger partial charge in [-0.3, -0.25) is 4.79 Å². The van der Waals surface area contributed by atoms with Crippen LogP contribution in [0.3, 0.4) is 0 Å². The van der Waals surface area contributed by atoms with Gasteiger partial charge in [-0.1, -0.05) is 0 Å². The monoisotopic (exact) mass is 201 g/mol. The number of hydrogen-bond acceptors (Lipinski definition) is 5. The Morgan fingerprint density at radius 3 is 2.07 bits per heavy atom. The molecule has 1 N–H and O–H groups in total. The van der Waals surface area contributed by atoms with Crippen LogP contribution in [-0.4, -0.2) is 32.1 Å². The predicted octanol–water partition coefficient (Wildman–Crippen LogP) is -0.648. The molecule has 6 heteroatoms. The Balaban J connectivity index is 4.71. The fraction of sp³-hybridized carbons (Fsp3) is 0.375. The second kappa shape index (κ2) is 5.74. The highest BCUT2D eigenvalue weighted by Crippen LogP contribution is 1.94. The lowest BCUT2D eigenvalue weighted by Gasteiger charge is -2.04. The van der Waals surface area contributed by atoms with Gasteiger partial charge in [-0.05, 0) is 0 Å². The highest BCUT2D eigenvalue weighted by atomic mass is 16.5. The average molecular weight is 201 g/mol. The number of carbonyl (C=O) groups excluding carboxylic acids is 3. The summed E-state index contributed by atoms with van der Waals surface area (Å²) in [5, 5.41) is 2.14. The van der Waals surface area contributed by atoms with Crippen molar-refractivity contribution in [3.05, 3.63) is 11.8 Å². The van der Waals surface area contributed by atoms with E-state index >= 15 is 0 Å². The molecule has 0 atom stereocenters. The first-order valence-electron chi connectivity index (χ1n) is 3.66. The second-order valence-electron chi connectivity index (χ2n) is 2.25. The highest BCUT2D eigenvalue weighted by molar-refractivity contribution is 5.99. The molecule has 14 heavy (non-hydrogen) atoms. The molecular formula is C8H11NO5. The molecule has 0 aromatic heterocycles. The number of nitrogens with one attached hydrogen (secondary N) is 1. The zero-order valence-corrected chi connectivity index (χ0v) is 8.12. The van der Waals surface area contributed by atoms with Crippen LogP contribution in [0.1, 0.15) is 6.92 Å². The van der Waals surface area contributed by atoms with E-state index in [0.717, 1.165) is 20.3 Å². The van der Waals surface area contributed by atoms with Gasteiger partial charge in [-0.25, -0.2) is 9.59 Å². The maximum atomic E-state index is 11.0. The first-order chi connectivity index (χ1) is 6.51. The van der Waals surface area contributed by atoms with Gasteiger partial charge in [0.1, 0.15) is 5.70 Å². The van der Waals surface area contributed by atoms with Gasteiger partial charge in [-0.15, -0.1) is 0 Å². The van der Waals surface area contributed by atoms with Crippen molar-refractivity contribution in [1.29, 1.82) is 0 Å². The van der Waals surface area contributed by atoms with Gasteiger partial charge in [0, 0.05) is 6.92 Å². The van der Waals surface area contributed by atoms with Crippen molar-refractivity contribution in [2.24, 2.45) is 0 Å². The summed E-state index contributed by atoms with van der Waals surface area (Å²) in [6.45, 7) is 1.20. The maximum Gasteiger partial charge on any atom is 0.354 e. The summed E-state index contributed by atoms with van der Waals surface area (Å²) < 4.78 is 8.61. The highest BCUT2D eigenvalue weighted by Gasteiger charge is 2.13. The molecule has 1 amide bonds. The van der Waals surface area contributed by atoms with Crippen molar-refractivity contribution in [2.45, 2.75) is 6.92 Å². The van der Waals surface area contributed by atoms with Crippen molar-refractivity contribution in [3.63, 3.8) is 0 Å². The molecule has 0 aromatic rings. The van der Waals surface area contributed by atoms with Gasteiger partial charge in [0.05, 0.1) is 20.3 Å². The van der Waals surface area contributed by atoms with E-state index in [4.69, 9.17) is 0 Å². The molecule has 0 saturated heterocycles. The Labute approximate surface area is 80.9 Å². The standard InChI is InChI=1S/C8H11NO5/c1-5(10)9-6(8(12)14-3)4-7(11)13-2/h4H,1-3H3,(H,9,10). The van der Waals surface area contributed by atoms with E-state index in [1.165, 1.54) is 6.92 Å². The molecule has 0 heterocycles. The van der Waals surface area contributed by atoms with Crippen molar-refractivity contribution < 1.29 is 23.9 Å². The number of esters is 2. The minimum atomic E-state index is -0.814. The number of methoxy groups -OCH3 is 2. The lowest BCUT2D eigenvalue weighted by atomic mass is 10.4. The van der Waals surface area contributed by atoms with Gasteiger partial charge >= 0.3 is 11.9 Å². The van der Waals surface area contributed by atoms with Crippen LogP contribution in [0.25, 0.3) is 0 Å². The number of carbonyl (C=O) groups is 3. The minimum Gasteiger partial charge on any atom is -0.466 e. The van der Waals surface area contributed by atoms with Crippen molar-refractivity contribution in [3.8, 4) is 0 Å². The van der Waals surface area contributed by atoms with Gasteiger partial charge < -0.3 is 14.8 Å². The molecular weight excluding hydrogens is 190 g/mol. The molecule has 78 valence electrons. The number of ether oxygens (including phenoxy) is 2. The number of rotatable bonds is 3. The first kappa shape index (κ1) is 12.2. The van der Waals surface area contributed by atoms with Gasteiger partial charge in [0.2, 0.25) is 5.91 Å². The third-order valence-electron chi connectivity index (χ3n) is 1.18. The van der Waals surface area contributed by atoms with Crippen LogP contribution < -0.4 is 5.32 Å². The quantitative estimate of drug-likeness (QED) is 0.484. The Hall–Kier alpha value is -1.85. The summed E-state index contributed by atoms with van der Waals surface area (Å²) in [5.41, 5.74) is -0.258. The Morgan fingerprint density at radius 1 is 1.14 bits per heavy atom. The van der Waals surface area contributed by atoms with Crippen LogP contribution >= 0.6 is 0 Å². The van der Waals surface area contributed by atoms with E-state index in [1.807, 2.05) is 0 Å². The normalized spacial score (nSPS) is 10.4. The zero-order chi connectivity index (χ0) is 11.1. The SMILES string of the molecule is COC(=O)C=C(NC(C)=O)C(=O)OC. The van der Waals surface area contributed by atoms with Crippen molar-refractivity contribution >= 4 is 17.8 Å². The molecule has 0 aliphatic carbocycles. The molecule has 0 spiro atoms. The number of amides is 1. The van der Waals surface area contributed by atoms with Crippen molar-refractivity contribution in [1.82, 2.24) is 5.32 Å². The fourth-order valence-electron chi connectivity index (χ4n) is 0.622. The first-order valence-corrected chi connectivity index (χ1v) is 3.66. The van der Waals surface area contributed by atoms with Crippen molar-refractivity contribution in [2.75, 3.05) is 14.2 Å². The molecule has 0 fully saturated rings. The fourth-order valence-corrected chi connectivity index (χ4v) is 0.622. The van der Waals surface area contributed by atoms with Crippen LogP contribution in [0.5, 0.6) is 0 Å². The van der Waals surface area contributed by atoms with E-state index in [9.17, 15) is 14.4 Å². The second-order valence-corrected chi connectivity index (χ2v) is 2.25. The van der Waals surface area contributed by atoms with E-state index in [2.05, 4.69) is 14.8 Å². The molecule has 0 saturated carbocycles. The van der Waals surface area contributed by atoms with Gasteiger partial charge in [0.25, 0.3) is 0 Å². The topological polar surface area (TPSA) is 81.7 Å². The average Bonchev–Trinajstić information content (AvgIpc) is 2.14. The zero-order valence-electron chi connectivity index (χ0n) is 8.12. The predicted molar refractivity (Wildman–Crippen MR) is 45.9 cm³/mol. The van der Waals surface area contributed by atoms with E-state index < -0.39 is 17.8 Å². The van der Waals surface area contributed by atoms with Gasteiger partial charge in [-0.2, -0.15) is 0 Å². The molecule has 0 radical (unpaired) electrons. The summed E-state index contributed by atoms with van der Waals surface area (Å²) in [5.74, 6) is -2.05. The summed E-state index contributed by atoms with van der Waals surface area (Å²) in [4.78, 5) is 32.4. The summed E-state index contributed by atoms with van der Waals surface area (Å²) in [6, 6.07) is 0. The summed E-state index contributed by atoms with van der Waals surface area (Å²) in [7, 11) is 2.29. The molecule has 0 aliphatic heterocycles. The van der Waals surface area contributed by atoms with Crippen LogP contribution in [0.15, 0.2) is 11.8 Å². The lowest BCUT2D eigenvalue weighted by Crippen LogP contribution is -2.26. The maximum absolute atomic E-state index is 11.0. The van der Waals surface area contributed by atoms with E-state index in [1.54, 1.807) is 0 Å². The smallest absolute Gasteiger partial charge is 0.354 e.